The van der Waals surface area contributed by atoms with Gasteiger partial charge in [0.25, 0.3) is 5.91 Å². The van der Waals surface area contributed by atoms with E-state index in [1.807, 2.05) is 0 Å². The fraction of sp³-hybridized carbons (Fsp3) is 0.727. The van der Waals surface area contributed by atoms with Crippen molar-refractivity contribution in [3.63, 3.8) is 0 Å². The van der Waals surface area contributed by atoms with E-state index >= 15 is 0 Å². The van der Waals surface area contributed by atoms with Gasteiger partial charge in [-0.2, -0.15) is 0 Å². The van der Waals surface area contributed by atoms with Gasteiger partial charge in [-0.3, -0.25) is 9.69 Å². The smallest absolute Gasteiger partial charge is 0.295 e. The van der Waals surface area contributed by atoms with E-state index in [4.69, 9.17) is 0 Å². The van der Waals surface area contributed by atoms with Gasteiger partial charge in [0.1, 0.15) is 0 Å². The van der Waals surface area contributed by atoms with Gasteiger partial charge in [0.15, 0.2) is 0 Å². The van der Waals surface area contributed by atoms with Gasteiger partial charge in [0.2, 0.25) is 0 Å². The topological polar surface area (TPSA) is 32.3 Å². The third-order valence-corrected chi connectivity index (χ3v) is 3.07. The number of likely N-dealkylation sites (tertiary alicyclic amines) is 1. The second kappa shape index (κ2) is 3.62. The molecule has 0 unspecified atom stereocenters. The van der Waals surface area contributed by atoms with Crippen LogP contribution in [0.3, 0.4) is 0 Å². The molecular weight excluding hydrogens is 176 g/mol. The van der Waals surface area contributed by atoms with Crippen LogP contribution >= 0.6 is 0 Å². The zero-order valence-corrected chi connectivity index (χ0v) is 8.60. The Labute approximate surface area is 84.8 Å². The maximum absolute atomic E-state index is 11.0. The van der Waals surface area contributed by atoms with Crippen molar-refractivity contribution in [1.29, 1.82) is 0 Å². The molecule has 2 fully saturated rings. The van der Waals surface area contributed by atoms with Gasteiger partial charge >= 0.3 is 0 Å². The van der Waals surface area contributed by atoms with Crippen molar-refractivity contribution in [1.82, 2.24) is 10.2 Å². The first-order chi connectivity index (χ1) is 6.77. The molecule has 1 amide bonds. The van der Waals surface area contributed by atoms with Crippen LogP contribution in [0.25, 0.3) is 0 Å². The lowest BCUT2D eigenvalue weighted by Gasteiger charge is -2.21. The number of nitrogens with zero attached hydrogens (tertiary/aromatic N) is 1. The van der Waals surface area contributed by atoms with Crippen LogP contribution in [-0.2, 0) is 4.79 Å². The summed E-state index contributed by atoms with van der Waals surface area (Å²) in [5.41, 5.74) is 0.0724. The van der Waals surface area contributed by atoms with Crippen molar-refractivity contribution >= 4 is 5.91 Å². The van der Waals surface area contributed by atoms with E-state index in [9.17, 15) is 4.79 Å². The highest BCUT2D eigenvalue weighted by atomic mass is 16.1. The van der Waals surface area contributed by atoms with Crippen LogP contribution in [0.4, 0.5) is 0 Å². The van der Waals surface area contributed by atoms with Crippen LogP contribution < -0.4 is 5.32 Å². The largest absolute Gasteiger partial charge is 0.348 e. The summed E-state index contributed by atoms with van der Waals surface area (Å²) in [6.45, 7) is 2.31. The molecule has 3 heteroatoms. The molecule has 1 N–H and O–H groups in total. The Morgan fingerprint density at radius 3 is 2.50 bits per heavy atom. The van der Waals surface area contributed by atoms with Crippen molar-refractivity contribution in [2.75, 3.05) is 20.1 Å². The SMILES string of the molecule is CNC(=O)C#CC1(N2CCCC2)CC1. The van der Waals surface area contributed by atoms with Crippen LogP contribution in [0.5, 0.6) is 0 Å². The molecule has 0 aromatic rings. The molecule has 0 bridgehead atoms. The van der Waals surface area contributed by atoms with Crippen molar-refractivity contribution < 1.29 is 4.79 Å². The molecule has 3 nitrogen and oxygen atoms in total. The van der Waals surface area contributed by atoms with E-state index in [1.54, 1.807) is 7.05 Å². The van der Waals surface area contributed by atoms with Crippen LogP contribution in [0.1, 0.15) is 25.7 Å². The van der Waals surface area contributed by atoms with Crippen molar-refractivity contribution in [3.05, 3.63) is 0 Å². The first-order valence-corrected chi connectivity index (χ1v) is 5.27. The van der Waals surface area contributed by atoms with Gasteiger partial charge in [-0.15, -0.1) is 0 Å². The van der Waals surface area contributed by atoms with E-state index in [1.165, 1.54) is 12.8 Å². The predicted molar refractivity (Wildman–Crippen MR) is 54.6 cm³/mol. The van der Waals surface area contributed by atoms with E-state index in [0.29, 0.717) is 0 Å². The minimum absolute atomic E-state index is 0.0724. The van der Waals surface area contributed by atoms with Crippen LogP contribution in [0.15, 0.2) is 0 Å². The molecule has 14 heavy (non-hydrogen) atoms. The molecule has 1 saturated carbocycles. The molecule has 1 saturated heterocycles. The molecule has 1 aliphatic heterocycles. The Morgan fingerprint density at radius 2 is 2.00 bits per heavy atom. The van der Waals surface area contributed by atoms with Gasteiger partial charge in [-0.05, 0) is 44.7 Å². The Bertz CT molecular complexity index is 290. The van der Waals surface area contributed by atoms with E-state index < -0.39 is 0 Å². The summed E-state index contributed by atoms with van der Waals surface area (Å²) in [7, 11) is 1.62. The maximum Gasteiger partial charge on any atom is 0.295 e. The Kier molecular flexibility index (Phi) is 2.47. The highest BCUT2D eigenvalue weighted by molar-refractivity contribution is 5.93. The molecule has 0 aromatic carbocycles. The highest BCUT2D eigenvalue weighted by Crippen LogP contribution is 2.42. The molecule has 0 aromatic heterocycles. The number of rotatable bonds is 1. The average molecular weight is 192 g/mol. The Hall–Kier alpha value is -1.01. The number of nitrogens with one attached hydrogen (secondary N) is 1. The molecule has 1 heterocycles. The number of carbonyl (C=O) groups is 1. The normalized spacial score (nSPS) is 23.8. The summed E-state index contributed by atoms with van der Waals surface area (Å²) in [6.07, 6.45) is 4.83. The molecular formula is C11H16N2O. The zero-order valence-electron chi connectivity index (χ0n) is 8.60. The monoisotopic (exact) mass is 192 g/mol. The number of hydrogen-bond acceptors (Lipinski definition) is 2. The number of amides is 1. The average Bonchev–Trinajstić information content (AvgIpc) is 2.79. The lowest BCUT2D eigenvalue weighted by Crippen LogP contribution is -2.33. The lowest BCUT2D eigenvalue weighted by molar-refractivity contribution is -0.115. The van der Waals surface area contributed by atoms with E-state index in [0.717, 1.165) is 25.9 Å². The quantitative estimate of drug-likeness (QED) is 0.609. The second-order valence-electron chi connectivity index (χ2n) is 4.05. The minimum Gasteiger partial charge on any atom is -0.348 e. The van der Waals surface area contributed by atoms with Gasteiger partial charge in [-0.25, -0.2) is 0 Å². The molecule has 76 valence electrons. The molecule has 2 aliphatic rings. The molecule has 0 radical (unpaired) electrons. The Morgan fingerprint density at radius 1 is 1.36 bits per heavy atom. The first kappa shape index (κ1) is 9.54. The van der Waals surface area contributed by atoms with E-state index in [-0.39, 0.29) is 11.4 Å². The summed E-state index contributed by atoms with van der Waals surface area (Å²) < 4.78 is 0. The summed E-state index contributed by atoms with van der Waals surface area (Å²) in [6, 6.07) is 0. The summed E-state index contributed by atoms with van der Waals surface area (Å²) >= 11 is 0. The van der Waals surface area contributed by atoms with Gasteiger partial charge in [0.05, 0.1) is 5.54 Å². The second-order valence-corrected chi connectivity index (χ2v) is 4.05. The first-order valence-electron chi connectivity index (χ1n) is 5.27. The third-order valence-electron chi connectivity index (χ3n) is 3.07. The standard InChI is InChI=1S/C11H16N2O/c1-12-10(14)4-5-11(6-7-11)13-8-2-3-9-13/h2-3,6-9H2,1H3,(H,12,14). The van der Waals surface area contributed by atoms with Gasteiger partial charge < -0.3 is 5.32 Å². The Balaban J connectivity index is 2.00. The van der Waals surface area contributed by atoms with Crippen molar-refractivity contribution in [3.8, 4) is 11.8 Å². The molecule has 0 atom stereocenters. The highest BCUT2D eigenvalue weighted by Gasteiger charge is 2.47. The van der Waals surface area contributed by atoms with Crippen LogP contribution in [0, 0.1) is 11.8 Å². The summed E-state index contributed by atoms with van der Waals surface area (Å²) in [5.74, 6) is 5.63. The molecule has 1 aliphatic carbocycles. The van der Waals surface area contributed by atoms with Crippen LogP contribution in [0.2, 0.25) is 0 Å². The maximum atomic E-state index is 11.0. The van der Waals surface area contributed by atoms with Crippen molar-refractivity contribution in [2.45, 2.75) is 31.2 Å². The molecule has 2 rings (SSSR count). The predicted octanol–water partition coefficient (Wildman–Crippen LogP) is 0.364. The van der Waals surface area contributed by atoms with E-state index in [2.05, 4.69) is 22.1 Å². The summed E-state index contributed by atoms with van der Waals surface area (Å²) in [4.78, 5) is 13.4. The van der Waals surface area contributed by atoms with Gasteiger partial charge in [0, 0.05) is 7.05 Å². The fourth-order valence-electron chi connectivity index (χ4n) is 2.02. The molecule has 0 spiro atoms. The summed E-state index contributed by atoms with van der Waals surface area (Å²) in [5, 5.41) is 2.52. The van der Waals surface area contributed by atoms with Crippen LogP contribution in [-0.4, -0.2) is 36.5 Å². The minimum atomic E-state index is -0.171. The zero-order chi connectivity index (χ0) is 10.0. The number of hydrogen-bond donors (Lipinski definition) is 1. The third kappa shape index (κ3) is 1.76. The van der Waals surface area contributed by atoms with Gasteiger partial charge in [-0.1, -0.05) is 5.92 Å². The number of carbonyl (C=O) groups excluding carboxylic acids is 1. The van der Waals surface area contributed by atoms with Crippen molar-refractivity contribution in [2.24, 2.45) is 0 Å². The fourth-order valence-corrected chi connectivity index (χ4v) is 2.02. The lowest BCUT2D eigenvalue weighted by atomic mass is 10.2.